The summed E-state index contributed by atoms with van der Waals surface area (Å²) in [5, 5.41) is 1.43. The Bertz CT molecular complexity index is 513. The lowest BCUT2D eigenvalue weighted by molar-refractivity contribution is -0.151. The van der Waals surface area contributed by atoms with Gasteiger partial charge in [-0.15, -0.1) is 0 Å². The Morgan fingerprint density at radius 1 is 1.22 bits per heavy atom. The van der Waals surface area contributed by atoms with Crippen molar-refractivity contribution in [1.29, 1.82) is 0 Å². The maximum atomic E-state index is 12.0. The van der Waals surface area contributed by atoms with Gasteiger partial charge in [0.25, 0.3) is 0 Å². The third-order valence-electron chi connectivity index (χ3n) is 6.57. The van der Waals surface area contributed by atoms with E-state index in [1.54, 1.807) is 0 Å². The third-order valence-corrected chi connectivity index (χ3v) is 8.34. The van der Waals surface area contributed by atoms with Gasteiger partial charge in [0.1, 0.15) is 5.60 Å². The number of piperidine rings is 1. The molecular weight excluding hydrogens is 306 g/mol. The highest BCUT2D eigenvalue weighted by molar-refractivity contribution is 8.00. The fourth-order valence-corrected chi connectivity index (χ4v) is 6.96. The Kier molecular flexibility index (Phi) is 4.25. The minimum atomic E-state index is -0.378. The van der Waals surface area contributed by atoms with E-state index < -0.39 is 0 Å². The summed E-state index contributed by atoms with van der Waals surface area (Å²) in [6.45, 7) is 5.74. The molecule has 0 amide bonds. The van der Waals surface area contributed by atoms with E-state index in [1.165, 1.54) is 44.1 Å². The number of nitrogens with zero attached hydrogens (tertiary/aromatic N) is 1. The number of hydrogen-bond acceptors (Lipinski definition) is 4. The molecule has 2 unspecified atom stereocenters. The SMILES string of the molecule is C[C@H]1C(SC2CCCC2)CC2=CC(=O)O[C@]2(C)C2CCCCN21. The van der Waals surface area contributed by atoms with Gasteiger partial charge in [0.2, 0.25) is 0 Å². The average molecular weight is 336 g/mol. The molecule has 0 aromatic heterocycles. The standard InChI is InChI=1S/C19H29NO2S/c1-13-16(23-15-7-3-4-8-15)11-14-12-18(21)22-19(14,2)17-9-5-6-10-20(13)17/h12-13,15-17H,3-11H2,1-2H3/t13-,16?,17?,19-/m0/s1. The molecule has 4 rings (SSSR count). The summed E-state index contributed by atoms with van der Waals surface area (Å²) < 4.78 is 5.89. The van der Waals surface area contributed by atoms with Gasteiger partial charge in [-0.2, -0.15) is 11.8 Å². The van der Waals surface area contributed by atoms with E-state index in [0.29, 0.717) is 17.3 Å². The van der Waals surface area contributed by atoms with Crippen LogP contribution in [0, 0.1) is 0 Å². The molecular formula is C19H29NO2S. The Morgan fingerprint density at radius 3 is 2.74 bits per heavy atom. The van der Waals surface area contributed by atoms with Crippen LogP contribution in [0.15, 0.2) is 11.6 Å². The molecule has 1 aliphatic carbocycles. The Morgan fingerprint density at radius 2 is 1.96 bits per heavy atom. The second-order valence-corrected chi connectivity index (χ2v) is 9.52. The van der Waals surface area contributed by atoms with Crippen LogP contribution in [-0.4, -0.2) is 45.6 Å². The first-order valence-electron chi connectivity index (χ1n) is 9.43. The zero-order valence-corrected chi connectivity index (χ0v) is 15.2. The van der Waals surface area contributed by atoms with Gasteiger partial charge in [0, 0.05) is 22.6 Å². The molecule has 4 aliphatic rings. The number of carbonyl (C=O) groups is 1. The molecule has 4 heteroatoms. The minimum Gasteiger partial charge on any atom is -0.450 e. The monoisotopic (exact) mass is 335 g/mol. The smallest absolute Gasteiger partial charge is 0.331 e. The van der Waals surface area contributed by atoms with Crippen LogP contribution in [0.2, 0.25) is 0 Å². The molecule has 3 fully saturated rings. The molecule has 0 spiro atoms. The van der Waals surface area contributed by atoms with E-state index in [4.69, 9.17) is 4.74 Å². The molecule has 128 valence electrons. The number of ether oxygens (including phenoxy) is 1. The molecule has 4 atom stereocenters. The van der Waals surface area contributed by atoms with Gasteiger partial charge < -0.3 is 4.74 Å². The first-order valence-corrected chi connectivity index (χ1v) is 10.4. The highest BCUT2D eigenvalue weighted by atomic mass is 32.2. The first kappa shape index (κ1) is 16.0. The predicted octanol–water partition coefficient (Wildman–Crippen LogP) is 3.92. The number of thioether (sulfide) groups is 1. The third kappa shape index (κ3) is 2.76. The van der Waals surface area contributed by atoms with Crippen molar-refractivity contribution >= 4 is 17.7 Å². The molecule has 23 heavy (non-hydrogen) atoms. The van der Waals surface area contributed by atoms with Crippen LogP contribution in [0.4, 0.5) is 0 Å². The summed E-state index contributed by atoms with van der Waals surface area (Å²) in [5.41, 5.74) is 0.885. The fourth-order valence-electron chi connectivity index (χ4n) is 5.20. The zero-order chi connectivity index (χ0) is 16.0. The van der Waals surface area contributed by atoms with Gasteiger partial charge >= 0.3 is 5.97 Å². The maximum absolute atomic E-state index is 12.0. The van der Waals surface area contributed by atoms with Crippen LogP contribution in [0.25, 0.3) is 0 Å². The Labute approximate surface area is 144 Å². The number of fused-ring (bicyclic) bond motifs is 3. The highest BCUT2D eigenvalue weighted by Gasteiger charge is 2.53. The summed E-state index contributed by atoms with van der Waals surface area (Å²) in [6.07, 6.45) is 12.1. The largest absolute Gasteiger partial charge is 0.450 e. The van der Waals surface area contributed by atoms with E-state index in [1.807, 2.05) is 6.08 Å². The summed E-state index contributed by atoms with van der Waals surface area (Å²) in [4.78, 5) is 14.7. The van der Waals surface area contributed by atoms with Crippen molar-refractivity contribution in [3.63, 3.8) is 0 Å². The van der Waals surface area contributed by atoms with Gasteiger partial charge in [0.05, 0.1) is 6.04 Å². The van der Waals surface area contributed by atoms with E-state index in [-0.39, 0.29) is 11.6 Å². The van der Waals surface area contributed by atoms with Gasteiger partial charge in [-0.05, 0) is 58.1 Å². The van der Waals surface area contributed by atoms with Crippen LogP contribution < -0.4 is 0 Å². The zero-order valence-electron chi connectivity index (χ0n) is 14.4. The summed E-state index contributed by atoms with van der Waals surface area (Å²) >= 11 is 2.20. The molecule has 3 aliphatic heterocycles. The second-order valence-electron chi connectivity index (χ2n) is 7.97. The molecule has 0 bridgehead atoms. The van der Waals surface area contributed by atoms with Crippen LogP contribution in [0.5, 0.6) is 0 Å². The van der Waals surface area contributed by atoms with E-state index >= 15 is 0 Å². The molecule has 1 saturated carbocycles. The number of carbonyl (C=O) groups excluding carboxylic acids is 1. The molecule has 0 radical (unpaired) electrons. The quantitative estimate of drug-likeness (QED) is 0.715. The van der Waals surface area contributed by atoms with E-state index in [0.717, 1.165) is 24.6 Å². The molecule has 0 aromatic carbocycles. The molecule has 3 nitrogen and oxygen atoms in total. The van der Waals surface area contributed by atoms with Crippen LogP contribution in [-0.2, 0) is 9.53 Å². The summed E-state index contributed by atoms with van der Waals surface area (Å²) in [5.74, 6) is -0.118. The summed E-state index contributed by atoms with van der Waals surface area (Å²) in [7, 11) is 0. The Hall–Kier alpha value is -0.480. The normalized spacial score (nSPS) is 41.9. The molecule has 3 heterocycles. The van der Waals surface area contributed by atoms with Crippen LogP contribution in [0.3, 0.4) is 0 Å². The highest BCUT2D eigenvalue weighted by Crippen LogP contribution is 2.48. The van der Waals surface area contributed by atoms with Gasteiger partial charge in [-0.1, -0.05) is 19.3 Å². The first-order chi connectivity index (χ1) is 11.1. The fraction of sp³-hybridized carbons (Fsp3) is 0.842. The molecule has 0 aromatic rings. The Balaban J connectivity index is 1.64. The average Bonchev–Trinajstić information content (AvgIpc) is 3.13. The van der Waals surface area contributed by atoms with Crippen molar-refractivity contribution in [2.24, 2.45) is 0 Å². The van der Waals surface area contributed by atoms with Gasteiger partial charge in [0.15, 0.2) is 0 Å². The van der Waals surface area contributed by atoms with E-state index in [2.05, 4.69) is 30.5 Å². The van der Waals surface area contributed by atoms with Gasteiger partial charge in [-0.3, -0.25) is 4.90 Å². The summed E-state index contributed by atoms with van der Waals surface area (Å²) in [6, 6.07) is 0.950. The lowest BCUT2D eigenvalue weighted by Gasteiger charge is -2.46. The topological polar surface area (TPSA) is 29.5 Å². The van der Waals surface area contributed by atoms with Crippen molar-refractivity contribution in [2.75, 3.05) is 6.54 Å². The lowest BCUT2D eigenvalue weighted by atomic mass is 9.83. The van der Waals surface area contributed by atoms with Crippen LogP contribution >= 0.6 is 11.8 Å². The number of rotatable bonds is 2. The number of esters is 1. The molecule has 0 N–H and O–H groups in total. The van der Waals surface area contributed by atoms with Crippen molar-refractivity contribution in [3.8, 4) is 0 Å². The van der Waals surface area contributed by atoms with Gasteiger partial charge in [-0.25, -0.2) is 4.79 Å². The lowest BCUT2D eigenvalue weighted by Crippen LogP contribution is -2.56. The predicted molar refractivity (Wildman–Crippen MR) is 94.6 cm³/mol. The number of hydrogen-bond donors (Lipinski definition) is 0. The minimum absolute atomic E-state index is 0.118. The van der Waals surface area contributed by atoms with E-state index in [9.17, 15) is 4.79 Å². The van der Waals surface area contributed by atoms with Crippen LogP contribution in [0.1, 0.15) is 65.2 Å². The van der Waals surface area contributed by atoms with Crippen molar-refractivity contribution < 1.29 is 9.53 Å². The van der Waals surface area contributed by atoms with Crippen molar-refractivity contribution in [3.05, 3.63) is 11.6 Å². The second kappa shape index (κ2) is 6.11. The van der Waals surface area contributed by atoms with Crippen molar-refractivity contribution in [1.82, 2.24) is 4.90 Å². The maximum Gasteiger partial charge on any atom is 0.331 e. The molecule has 2 saturated heterocycles. The van der Waals surface area contributed by atoms with Crippen molar-refractivity contribution in [2.45, 2.75) is 93.4 Å².